The van der Waals surface area contributed by atoms with Crippen LogP contribution >= 0.6 is 15.9 Å². The highest BCUT2D eigenvalue weighted by Gasteiger charge is 2.14. The van der Waals surface area contributed by atoms with E-state index in [0.29, 0.717) is 5.69 Å². The zero-order chi connectivity index (χ0) is 15.4. The fraction of sp³-hybridized carbons (Fsp3) is 0.294. The van der Waals surface area contributed by atoms with Crippen molar-refractivity contribution in [3.8, 4) is 0 Å². The first-order valence-electron chi connectivity index (χ1n) is 7.05. The van der Waals surface area contributed by atoms with Crippen LogP contribution in [0.15, 0.2) is 46.9 Å². The molecule has 21 heavy (non-hydrogen) atoms. The van der Waals surface area contributed by atoms with Crippen molar-refractivity contribution < 1.29 is 4.39 Å². The number of hydrogen-bond donors (Lipinski definition) is 1. The highest BCUT2D eigenvalue weighted by Crippen LogP contribution is 2.32. The third kappa shape index (κ3) is 3.83. The van der Waals surface area contributed by atoms with Gasteiger partial charge in [0.25, 0.3) is 0 Å². The first-order chi connectivity index (χ1) is 10.0. The molecule has 0 fully saturated rings. The summed E-state index contributed by atoms with van der Waals surface area (Å²) in [6.45, 7) is 2.07. The molecule has 0 aromatic heterocycles. The number of benzene rings is 2. The van der Waals surface area contributed by atoms with Gasteiger partial charge in [-0.05, 0) is 42.7 Å². The number of nitrogens with zero attached hydrogens (tertiary/aromatic N) is 1. The molecule has 0 bridgehead atoms. The lowest BCUT2D eigenvalue weighted by Gasteiger charge is -2.24. The molecule has 1 atom stereocenters. The van der Waals surface area contributed by atoms with Crippen molar-refractivity contribution in [3.63, 3.8) is 0 Å². The van der Waals surface area contributed by atoms with Crippen molar-refractivity contribution in [1.29, 1.82) is 0 Å². The van der Waals surface area contributed by atoms with E-state index >= 15 is 0 Å². The van der Waals surface area contributed by atoms with E-state index in [0.717, 1.165) is 28.6 Å². The molecular formula is C17H20BrFN2. The average Bonchev–Trinajstić information content (AvgIpc) is 2.48. The molecule has 0 aliphatic carbocycles. The summed E-state index contributed by atoms with van der Waals surface area (Å²) in [7, 11) is 1.88. The van der Waals surface area contributed by atoms with E-state index in [2.05, 4.69) is 22.9 Å². The molecule has 0 saturated carbocycles. The smallest absolute Gasteiger partial charge is 0.146 e. The minimum Gasteiger partial charge on any atom is -0.342 e. The van der Waals surface area contributed by atoms with Crippen molar-refractivity contribution in [2.75, 3.05) is 11.9 Å². The maximum Gasteiger partial charge on any atom is 0.146 e. The van der Waals surface area contributed by atoms with Gasteiger partial charge in [-0.2, -0.15) is 0 Å². The molecule has 0 spiro atoms. The highest BCUT2D eigenvalue weighted by molar-refractivity contribution is 9.10. The number of para-hydroxylation sites is 1. The van der Waals surface area contributed by atoms with Crippen LogP contribution in [-0.4, -0.2) is 13.1 Å². The Morgan fingerprint density at radius 1 is 1.19 bits per heavy atom. The Hall–Kier alpha value is -1.39. The van der Waals surface area contributed by atoms with Crippen LogP contribution in [0.3, 0.4) is 0 Å². The largest absolute Gasteiger partial charge is 0.342 e. The summed E-state index contributed by atoms with van der Waals surface area (Å²) in [4.78, 5) is 1.87. The van der Waals surface area contributed by atoms with E-state index in [1.165, 1.54) is 6.07 Å². The summed E-state index contributed by atoms with van der Waals surface area (Å²) in [6, 6.07) is 12.9. The van der Waals surface area contributed by atoms with E-state index < -0.39 is 0 Å². The van der Waals surface area contributed by atoms with Crippen LogP contribution in [0.2, 0.25) is 0 Å². The van der Waals surface area contributed by atoms with Gasteiger partial charge in [-0.25, -0.2) is 4.39 Å². The number of hydrogen-bond acceptors (Lipinski definition) is 2. The van der Waals surface area contributed by atoms with Crippen LogP contribution in [0, 0.1) is 5.82 Å². The summed E-state index contributed by atoms with van der Waals surface area (Å²) in [6.07, 6.45) is 1.69. The number of anilines is 2. The van der Waals surface area contributed by atoms with Crippen LogP contribution in [0.25, 0.3) is 0 Å². The van der Waals surface area contributed by atoms with Gasteiger partial charge < -0.3 is 10.6 Å². The predicted octanol–water partition coefficient (Wildman–Crippen LogP) is 4.64. The Morgan fingerprint density at radius 3 is 2.57 bits per heavy atom. The topological polar surface area (TPSA) is 29.3 Å². The Kier molecular flexibility index (Phi) is 5.37. The van der Waals surface area contributed by atoms with Crippen LogP contribution in [-0.2, 0) is 6.42 Å². The van der Waals surface area contributed by atoms with Crippen molar-refractivity contribution in [1.82, 2.24) is 0 Å². The Morgan fingerprint density at radius 2 is 1.90 bits per heavy atom. The summed E-state index contributed by atoms with van der Waals surface area (Å²) < 4.78 is 15.0. The minimum absolute atomic E-state index is 0.110. The van der Waals surface area contributed by atoms with E-state index in [-0.39, 0.29) is 11.9 Å². The van der Waals surface area contributed by atoms with Gasteiger partial charge in [-0.1, -0.05) is 41.1 Å². The molecule has 2 aromatic carbocycles. The first-order valence-corrected chi connectivity index (χ1v) is 7.84. The first kappa shape index (κ1) is 16.0. The lowest BCUT2D eigenvalue weighted by molar-refractivity contribution is 0.626. The van der Waals surface area contributed by atoms with E-state index in [1.54, 1.807) is 12.1 Å². The van der Waals surface area contributed by atoms with Crippen LogP contribution in [0.5, 0.6) is 0 Å². The van der Waals surface area contributed by atoms with E-state index in [9.17, 15) is 4.39 Å². The summed E-state index contributed by atoms with van der Waals surface area (Å²) in [5.74, 6) is -0.231. The summed E-state index contributed by atoms with van der Waals surface area (Å²) in [5.41, 5.74) is 8.73. The molecule has 112 valence electrons. The molecule has 2 N–H and O–H groups in total. The zero-order valence-electron chi connectivity index (χ0n) is 12.3. The second-order valence-electron chi connectivity index (χ2n) is 5.16. The summed E-state index contributed by atoms with van der Waals surface area (Å²) >= 11 is 3.49. The Balaban J connectivity index is 2.42. The second kappa shape index (κ2) is 7.05. The lowest BCUT2D eigenvalue weighted by Crippen LogP contribution is -2.23. The number of nitrogens with two attached hydrogens (primary N) is 1. The molecule has 0 amide bonds. The number of rotatable bonds is 5. The lowest BCUT2D eigenvalue weighted by atomic mass is 10.0. The van der Waals surface area contributed by atoms with Gasteiger partial charge in [0, 0.05) is 23.2 Å². The van der Waals surface area contributed by atoms with Gasteiger partial charge in [0.1, 0.15) is 5.82 Å². The molecule has 4 heteroatoms. The minimum atomic E-state index is -0.231. The monoisotopic (exact) mass is 350 g/mol. The third-order valence-electron chi connectivity index (χ3n) is 3.63. The Bertz CT molecular complexity index is 615. The van der Waals surface area contributed by atoms with Crippen LogP contribution < -0.4 is 10.6 Å². The van der Waals surface area contributed by atoms with E-state index in [4.69, 9.17) is 5.73 Å². The van der Waals surface area contributed by atoms with Crippen LogP contribution in [0.1, 0.15) is 18.9 Å². The Labute approximate surface area is 133 Å². The molecule has 0 saturated heterocycles. The predicted molar refractivity (Wildman–Crippen MR) is 90.6 cm³/mol. The fourth-order valence-electron chi connectivity index (χ4n) is 2.30. The van der Waals surface area contributed by atoms with Gasteiger partial charge in [0.15, 0.2) is 0 Å². The maximum absolute atomic E-state index is 14.0. The van der Waals surface area contributed by atoms with E-state index in [1.807, 2.05) is 36.2 Å². The zero-order valence-corrected chi connectivity index (χ0v) is 13.9. The molecule has 0 radical (unpaired) electrons. The third-order valence-corrected chi connectivity index (χ3v) is 4.12. The van der Waals surface area contributed by atoms with Gasteiger partial charge in [-0.15, -0.1) is 0 Å². The fourth-order valence-corrected chi connectivity index (χ4v) is 2.65. The standard InChI is InChI=1S/C17H20BrFN2/c1-3-14(20)10-12-8-9-13(18)11-17(12)21(2)16-7-5-4-6-15(16)19/h4-9,11,14H,3,10,20H2,1-2H3. The van der Waals surface area contributed by atoms with Crippen molar-refractivity contribution in [3.05, 3.63) is 58.3 Å². The normalized spacial score (nSPS) is 12.2. The molecule has 2 nitrogen and oxygen atoms in total. The van der Waals surface area contributed by atoms with Crippen molar-refractivity contribution in [2.24, 2.45) is 5.73 Å². The molecule has 1 unspecified atom stereocenters. The number of halogens is 2. The molecule has 2 rings (SSSR count). The SMILES string of the molecule is CCC(N)Cc1ccc(Br)cc1N(C)c1ccccc1F. The molecule has 0 heterocycles. The molecule has 2 aromatic rings. The van der Waals surface area contributed by atoms with Gasteiger partial charge >= 0.3 is 0 Å². The van der Waals surface area contributed by atoms with Crippen LogP contribution in [0.4, 0.5) is 15.8 Å². The maximum atomic E-state index is 14.0. The van der Waals surface area contributed by atoms with Gasteiger partial charge in [0.05, 0.1) is 5.69 Å². The molecule has 0 aliphatic heterocycles. The quantitative estimate of drug-likeness (QED) is 0.851. The molecular weight excluding hydrogens is 331 g/mol. The van der Waals surface area contributed by atoms with Gasteiger partial charge in [0.2, 0.25) is 0 Å². The second-order valence-corrected chi connectivity index (χ2v) is 6.07. The highest BCUT2D eigenvalue weighted by atomic mass is 79.9. The average molecular weight is 351 g/mol. The van der Waals surface area contributed by atoms with Crippen molar-refractivity contribution >= 4 is 27.3 Å². The molecule has 0 aliphatic rings. The van der Waals surface area contributed by atoms with Crippen molar-refractivity contribution in [2.45, 2.75) is 25.8 Å². The summed E-state index contributed by atoms with van der Waals surface area (Å²) in [5, 5.41) is 0. The van der Waals surface area contributed by atoms with Gasteiger partial charge in [-0.3, -0.25) is 0 Å².